The van der Waals surface area contributed by atoms with Crippen LogP contribution in [0.4, 0.5) is 0 Å². The molecule has 1 saturated heterocycles. The first-order chi connectivity index (χ1) is 8.70. The highest BCUT2D eigenvalue weighted by Crippen LogP contribution is 2.20. The van der Waals surface area contributed by atoms with E-state index in [0.717, 1.165) is 36.3 Å². The minimum Gasteiger partial charge on any atom is -0.497 e. The highest BCUT2D eigenvalue weighted by Gasteiger charge is 2.16. The van der Waals surface area contributed by atoms with Crippen molar-refractivity contribution in [3.63, 3.8) is 0 Å². The highest BCUT2D eigenvalue weighted by molar-refractivity contribution is 5.80. The lowest BCUT2D eigenvalue weighted by Crippen LogP contribution is -2.30. The molecule has 3 nitrogen and oxygen atoms in total. The third kappa shape index (κ3) is 2.92. The Bertz CT molecular complexity index is 448. The van der Waals surface area contributed by atoms with Crippen molar-refractivity contribution in [3.8, 4) is 5.75 Å². The minimum absolute atomic E-state index is 0.231. The van der Waals surface area contributed by atoms with Crippen molar-refractivity contribution in [2.24, 2.45) is 0 Å². The van der Waals surface area contributed by atoms with Crippen LogP contribution in [0.25, 0.3) is 5.57 Å². The van der Waals surface area contributed by atoms with Gasteiger partial charge in [0.2, 0.25) is 5.91 Å². The summed E-state index contributed by atoms with van der Waals surface area (Å²) >= 11 is 0. The number of rotatable bonds is 3. The van der Waals surface area contributed by atoms with Gasteiger partial charge in [-0.15, -0.1) is 0 Å². The van der Waals surface area contributed by atoms with E-state index < -0.39 is 0 Å². The molecule has 1 aliphatic rings. The molecule has 1 fully saturated rings. The van der Waals surface area contributed by atoms with Crippen LogP contribution in [-0.4, -0.2) is 24.5 Å². The molecular weight excluding hydrogens is 226 g/mol. The Morgan fingerprint density at radius 2 is 2.00 bits per heavy atom. The molecule has 0 N–H and O–H groups in total. The molecule has 0 radical (unpaired) electrons. The summed E-state index contributed by atoms with van der Waals surface area (Å²) < 4.78 is 5.13. The lowest BCUT2D eigenvalue weighted by Gasteiger charge is -2.24. The molecule has 0 unspecified atom stereocenters. The topological polar surface area (TPSA) is 29.5 Å². The zero-order valence-electron chi connectivity index (χ0n) is 11.0. The van der Waals surface area contributed by atoms with E-state index in [9.17, 15) is 4.79 Å². The maximum atomic E-state index is 11.7. The number of ether oxygens (including phenoxy) is 1. The fraction of sp³-hybridized carbons (Fsp3) is 0.400. The number of likely N-dealkylation sites (tertiary alicyclic amines) is 1. The van der Waals surface area contributed by atoms with Gasteiger partial charge < -0.3 is 9.64 Å². The summed E-state index contributed by atoms with van der Waals surface area (Å²) in [6, 6.07) is 7.90. The van der Waals surface area contributed by atoms with Crippen molar-refractivity contribution in [1.82, 2.24) is 4.90 Å². The summed E-state index contributed by atoms with van der Waals surface area (Å²) in [5.41, 5.74) is 2.22. The summed E-state index contributed by atoms with van der Waals surface area (Å²) in [6.45, 7) is 2.87. The molecule has 0 saturated carbocycles. The van der Waals surface area contributed by atoms with Crippen molar-refractivity contribution in [1.29, 1.82) is 0 Å². The van der Waals surface area contributed by atoms with Crippen LogP contribution in [0.2, 0.25) is 0 Å². The molecule has 0 bridgehead atoms. The summed E-state index contributed by atoms with van der Waals surface area (Å²) in [5.74, 6) is 1.08. The lowest BCUT2D eigenvalue weighted by molar-refractivity contribution is -0.130. The quantitative estimate of drug-likeness (QED) is 0.819. The third-order valence-electron chi connectivity index (χ3n) is 3.25. The van der Waals surface area contributed by atoms with Gasteiger partial charge in [0.1, 0.15) is 5.75 Å². The predicted molar refractivity (Wildman–Crippen MR) is 72.2 cm³/mol. The van der Waals surface area contributed by atoms with Crippen molar-refractivity contribution < 1.29 is 9.53 Å². The van der Waals surface area contributed by atoms with Crippen LogP contribution < -0.4 is 4.74 Å². The van der Waals surface area contributed by atoms with Gasteiger partial charge in [-0.3, -0.25) is 4.79 Å². The predicted octanol–water partition coefficient (Wildman–Crippen LogP) is 3.07. The fourth-order valence-electron chi connectivity index (χ4n) is 2.13. The third-order valence-corrected chi connectivity index (χ3v) is 3.25. The number of carbonyl (C=O) groups excluding carboxylic acids is 1. The minimum atomic E-state index is 0.231. The molecule has 1 amide bonds. The summed E-state index contributed by atoms with van der Waals surface area (Å²) in [6.07, 6.45) is 4.75. The van der Waals surface area contributed by atoms with Gasteiger partial charge in [0.05, 0.1) is 7.11 Å². The lowest BCUT2D eigenvalue weighted by atomic mass is 10.1. The van der Waals surface area contributed by atoms with E-state index >= 15 is 0 Å². The number of hydrogen-bond donors (Lipinski definition) is 0. The molecule has 1 heterocycles. The number of allylic oxidation sites excluding steroid dienone is 1. The maximum Gasteiger partial charge on any atom is 0.226 e. The molecule has 1 aromatic carbocycles. The highest BCUT2D eigenvalue weighted by atomic mass is 16.5. The van der Waals surface area contributed by atoms with E-state index in [1.54, 1.807) is 7.11 Å². The summed E-state index contributed by atoms with van der Waals surface area (Å²) in [5, 5.41) is 0. The first-order valence-electron chi connectivity index (χ1n) is 6.33. The van der Waals surface area contributed by atoms with Crippen molar-refractivity contribution in [2.45, 2.75) is 26.2 Å². The van der Waals surface area contributed by atoms with E-state index in [1.807, 2.05) is 42.3 Å². The first kappa shape index (κ1) is 12.7. The van der Waals surface area contributed by atoms with Crippen LogP contribution in [0.1, 0.15) is 31.7 Å². The number of carbonyl (C=O) groups is 1. The molecule has 1 aromatic rings. The SMILES string of the molecule is COc1ccc(/C(C)=C/N2CCCCC2=O)cc1. The van der Waals surface area contributed by atoms with Crippen LogP contribution >= 0.6 is 0 Å². The number of nitrogens with zero attached hydrogens (tertiary/aromatic N) is 1. The van der Waals surface area contributed by atoms with E-state index in [-0.39, 0.29) is 5.91 Å². The van der Waals surface area contributed by atoms with Gasteiger partial charge in [-0.2, -0.15) is 0 Å². The second kappa shape index (κ2) is 5.71. The summed E-state index contributed by atoms with van der Waals surface area (Å²) in [4.78, 5) is 13.6. The largest absolute Gasteiger partial charge is 0.497 e. The monoisotopic (exact) mass is 245 g/mol. The van der Waals surface area contributed by atoms with Gasteiger partial charge in [0.25, 0.3) is 0 Å². The molecule has 96 valence electrons. The van der Waals surface area contributed by atoms with Gasteiger partial charge >= 0.3 is 0 Å². The second-order valence-corrected chi connectivity index (χ2v) is 4.58. The van der Waals surface area contributed by atoms with Crippen LogP contribution in [0.3, 0.4) is 0 Å². The average Bonchev–Trinajstić information content (AvgIpc) is 2.41. The van der Waals surface area contributed by atoms with E-state index in [1.165, 1.54) is 0 Å². The van der Waals surface area contributed by atoms with Crippen molar-refractivity contribution in [2.75, 3.05) is 13.7 Å². The molecule has 0 aromatic heterocycles. The Balaban J connectivity index is 2.13. The molecule has 0 atom stereocenters. The van der Waals surface area contributed by atoms with Gasteiger partial charge in [0, 0.05) is 19.2 Å². The fourth-order valence-corrected chi connectivity index (χ4v) is 2.13. The van der Waals surface area contributed by atoms with E-state index in [0.29, 0.717) is 6.42 Å². The molecular formula is C15H19NO2. The zero-order valence-corrected chi connectivity index (χ0v) is 11.0. The van der Waals surface area contributed by atoms with Crippen LogP contribution in [0.15, 0.2) is 30.5 Å². The number of piperidine rings is 1. The van der Waals surface area contributed by atoms with Crippen LogP contribution in [0.5, 0.6) is 5.75 Å². The molecule has 2 rings (SSSR count). The number of hydrogen-bond acceptors (Lipinski definition) is 2. The van der Waals surface area contributed by atoms with E-state index in [4.69, 9.17) is 4.74 Å². The van der Waals surface area contributed by atoms with Gasteiger partial charge in [0.15, 0.2) is 0 Å². The Labute approximate surface area is 108 Å². The average molecular weight is 245 g/mol. The van der Waals surface area contributed by atoms with Crippen LogP contribution in [0, 0.1) is 0 Å². The standard InChI is InChI=1S/C15H19NO2/c1-12(11-16-10-4-3-5-15(16)17)13-6-8-14(18-2)9-7-13/h6-9,11H,3-5,10H2,1-2H3/b12-11+. The molecule has 3 heteroatoms. The van der Waals surface area contributed by atoms with Gasteiger partial charge in [-0.1, -0.05) is 12.1 Å². The normalized spacial score (nSPS) is 16.9. The summed E-state index contributed by atoms with van der Waals surface area (Å²) in [7, 11) is 1.66. The Hall–Kier alpha value is -1.77. The second-order valence-electron chi connectivity index (χ2n) is 4.58. The van der Waals surface area contributed by atoms with Crippen molar-refractivity contribution >= 4 is 11.5 Å². The molecule has 1 aliphatic heterocycles. The smallest absolute Gasteiger partial charge is 0.226 e. The Morgan fingerprint density at radius 1 is 1.28 bits per heavy atom. The number of amides is 1. The van der Waals surface area contributed by atoms with Crippen LogP contribution in [-0.2, 0) is 4.79 Å². The van der Waals surface area contributed by atoms with Crippen molar-refractivity contribution in [3.05, 3.63) is 36.0 Å². The molecule has 0 aliphatic carbocycles. The zero-order chi connectivity index (χ0) is 13.0. The number of methoxy groups -OCH3 is 1. The first-order valence-corrected chi connectivity index (χ1v) is 6.33. The molecule has 0 spiro atoms. The van der Waals surface area contributed by atoms with Gasteiger partial charge in [-0.25, -0.2) is 0 Å². The van der Waals surface area contributed by atoms with E-state index in [2.05, 4.69) is 0 Å². The number of benzene rings is 1. The molecule has 18 heavy (non-hydrogen) atoms. The Morgan fingerprint density at radius 3 is 2.61 bits per heavy atom. The van der Waals surface area contributed by atoms with Gasteiger partial charge in [-0.05, 0) is 43.0 Å². The Kier molecular flexibility index (Phi) is 4.03. The maximum absolute atomic E-state index is 11.7.